The van der Waals surface area contributed by atoms with E-state index in [-0.39, 0.29) is 15.9 Å². The molecule has 9 heteroatoms. The van der Waals surface area contributed by atoms with Gasteiger partial charge in [-0.1, -0.05) is 11.6 Å². The number of nitrogens with two attached hydrogens (primary N) is 1. The highest BCUT2D eigenvalue weighted by molar-refractivity contribution is 7.92. The zero-order valence-corrected chi connectivity index (χ0v) is 9.96. The van der Waals surface area contributed by atoms with E-state index in [0.717, 1.165) is 6.20 Å². The molecule has 0 unspecified atom stereocenters. The maximum atomic E-state index is 11.9. The van der Waals surface area contributed by atoms with Crippen LogP contribution in [0.25, 0.3) is 0 Å². The third kappa shape index (κ3) is 2.48. The average molecular weight is 274 g/mol. The van der Waals surface area contributed by atoms with Gasteiger partial charge in [0, 0.05) is 6.20 Å². The van der Waals surface area contributed by atoms with Crippen LogP contribution in [0, 0.1) is 0 Å². The summed E-state index contributed by atoms with van der Waals surface area (Å²) in [7, 11) is -3.77. The molecule has 0 spiro atoms. The number of nitrogens with zero attached hydrogens (tertiary/aromatic N) is 2. The normalized spacial score (nSPS) is 11.4. The molecule has 0 fully saturated rings. The average Bonchev–Trinajstić information content (AvgIpc) is 2.64. The number of aromatic nitrogens is 3. The number of sulfonamides is 1. The summed E-state index contributed by atoms with van der Waals surface area (Å²) >= 11 is 5.64. The smallest absolute Gasteiger partial charge is 0.267 e. The van der Waals surface area contributed by atoms with Gasteiger partial charge in [-0.15, -0.1) is 0 Å². The van der Waals surface area contributed by atoms with Gasteiger partial charge >= 0.3 is 0 Å². The van der Waals surface area contributed by atoms with E-state index in [1.165, 1.54) is 18.3 Å². The van der Waals surface area contributed by atoms with Gasteiger partial charge in [0.15, 0.2) is 0 Å². The molecule has 7 nitrogen and oxygen atoms in total. The van der Waals surface area contributed by atoms with Crippen LogP contribution >= 0.6 is 11.6 Å². The minimum atomic E-state index is -3.77. The Hall–Kier alpha value is -1.80. The summed E-state index contributed by atoms with van der Waals surface area (Å²) in [6.45, 7) is 0. The van der Waals surface area contributed by atoms with Gasteiger partial charge in [0.25, 0.3) is 10.0 Å². The van der Waals surface area contributed by atoms with Gasteiger partial charge in [-0.05, 0) is 12.1 Å². The standard InChI is InChI=1S/C8H8ClN5O2S/c9-7-3-5(1-2-11-7)14-17(15,16)6-4-12-13-8(6)10/h1-4H,(H,11,14)(H3,10,12,13). The molecule has 17 heavy (non-hydrogen) atoms. The van der Waals surface area contributed by atoms with Crippen molar-refractivity contribution in [1.82, 2.24) is 15.2 Å². The number of H-pyrrole nitrogens is 1. The van der Waals surface area contributed by atoms with Gasteiger partial charge < -0.3 is 5.73 Å². The second kappa shape index (κ2) is 4.22. The molecule has 0 aliphatic heterocycles. The van der Waals surface area contributed by atoms with Crippen LogP contribution < -0.4 is 10.5 Å². The lowest BCUT2D eigenvalue weighted by Gasteiger charge is -2.06. The zero-order chi connectivity index (χ0) is 12.5. The number of anilines is 2. The van der Waals surface area contributed by atoms with Crippen LogP contribution in [0.3, 0.4) is 0 Å². The molecule has 0 aromatic carbocycles. The lowest BCUT2D eigenvalue weighted by molar-refractivity contribution is 0.601. The summed E-state index contributed by atoms with van der Waals surface area (Å²) in [5, 5.41) is 6.07. The van der Waals surface area contributed by atoms with Crippen molar-refractivity contribution in [2.75, 3.05) is 10.5 Å². The van der Waals surface area contributed by atoms with E-state index in [1.54, 1.807) is 0 Å². The molecule has 0 aliphatic carbocycles. The van der Waals surface area contributed by atoms with E-state index >= 15 is 0 Å². The van der Waals surface area contributed by atoms with E-state index < -0.39 is 10.0 Å². The van der Waals surface area contributed by atoms with Crippen molar-refractivity contribution in [1.29, 1.82) is 0 Å². The number of nitrogens with one attached hydrogen (secondary N) is 2. The highest BCUT2D eigenvalue weighted by Crippen LogP contribution is 2.20. The van der Waals surface area contributed by atoms with Crippen LogP contribution in [0.15, 0.2) is 29.4 Å². The first-order valence-electron chi connectivity index (χ1n) is 4.42. The second-order valence-electron chi connectivity index (χ2n) is 3.12. The summed E-state index contributed by atoms with van der Waals surface area (Å²) in [5.74, 6) is -0.0300. The monoisotopic (exact) mass is 273 g/mol. The molecule has 2 rings (SSSR count). The topological polar surface area (TPSA) is 114 Å². The van der Waals surface area contributed by atoms with Crippen LogP contribution in [0.4, 0.5) is 11.5 Å². The molecule has 0 amide bonds. The fourth-order valence-electron chi connectivity index (χ4n) is 1.18. The molecule has 2 aromatic rings. The second-order valence-corrected chi connectivity index (χ2v) is 5.16. The maximum Gasteiger partial charge on any atom is 0.267 e. The molecule has 4 N–H and O–H groups in total. The first-order valence-corrected chi connectivity index (χ1v) is 6.28. The number of nitrogen functional groups attached to an aromatic ring is 1. The first kappa shape index (κ1) is 11.7. The van der Waals surface area contributed by atoms with E-state index in [9.17, 15) is 8.42 Å². The Balaban J connectivity index is 2.33. The Kier molecular flexibility index (Phi) is 2.90. The minimum absolute atomic E-state index is 0.0300. The van der Waals surface area contributed by atoms with E-state index in [0.29, 0.717) is 5.69 Å². The summed E-state index contributed by atoms with van der Waals surface area (Å²) in [4.78, 5) is 3.62. The third-order valence-corrected chi connectivity index (χ3v) is 3.52. The zero-order valence-electron chi connectivity index (χ0n) is 8.38. The molecule has 0 radical (unpaired) electrons. The lowest BCUT2D eigenvalue weighted by Crippen LogP contribution is -2.13. The molecule has 2 aromatic heterocycles. The van der Waals surface area contributed by atoms with Gasteiger partial charge in [-0.2, -0.15) is 5.10 Å². The quantitative estimate of drug-likeness (QED) is 0.717. The lowest BCUT2D eigenvalue weighted by atomic mass is 10.4. The molecule has 90 valence electrons. The molecule has 0 atom stereocenters. The SMILES string of the molecule is Nc1[nH]ncc1S(=O)(=O)Nc1ccnc(Cl)c1. The summed E-state index contributed by atoms with van der Waals surface area (Å²) in [6.07, 6.45) is 2.51. The van der Waals surface area contributed by atoms with Gasteiger partial charge in [0.05, 0.1) is 11.9 Å². The number of rotatable bonds is 3. The van der Waals surface area contributed by atoms with E-state index in [4.69, 9.17) is 17.3 Å². The summed E-state index contributed by atoms with van der Waals surface area (Å²) in [5.41, 5.74) is 5.73. The van der Waals surface area contributed by atoms with Gasteiger partial charge in [-0.3, -0.25) is 9.82 Å². The van der Waals surface area contributed by atoms with Crippen molar-refractivity contribution < 1.29 is 8.42 Å². The maximum absolute atomic E-state index is 11.9. The van der Waals surface area contributed by atoms with Crippen LogP contribution in [-0.2, 0) is 10.0 Å². The van der Waals surface area contributed by atoms with Gasteiger partial charge in [0.2, 0.25) is 0 Å². The Morgan fingerprint density at radius 1 is 1.47 bits per heavy atom. The number of hydrogen-bond acceptors (Lipinski definition) is 5. The van der Waals surface area contributed by atoms with E-state index in [2.05, 4.69) is 19.9 Å². The van der Waals surface area contributed by atoms with Crippen LogP contribution in [0.1, 0.15) is 0 Å². The Morgan fingerprint density at radius 2 is 2.24 bits per heavy atom. The van der Waals surface area contributed by atoms with Crippen molar-refractivity contribution in [3.05, 3.63) is 29.7 Å². The van der Waals surface area contributed by atoms with Crippen molar-refractivity contribution in [3.8, 4) is 0 Å². The number of halogens is 1. The Bertz CT molecular complexity index is 639. The largest absolute Gasteiger partial charge is 0.383 e. The number of pyridine rings is 1. The molecule has 0 bridgehead atoms. The first-order chi connectivity index (χ1) is 7.99. The molecule has 0 saturated carbocycles. The highest BCUT2D eigenvalue weighted by atomic mass is 35.5. The molecule has 2 heterocycles. The number of hydrogen-bond donors (Lipinski definition) is 3. The molecule has 0 aliphatic rings. The third-order valence-electron chi connectivity index (χ3n) is 1.90. The fraction of sp³-hybridized carbons (Fsp3) is 0. The predicted molar refractivity (Wildman–Crippen MR) is 63.1 cm³/mol. The minimum Gasteiger partial charge on any atom is -0.383 e. The van der Waals surface area contributed by atoms with Crippen molar-refractivity contribution in [2.45, 2.75) is 4.90 Å². The van der Waals surface area contributed by atoms with Crippen molar-refractivity contribution in [3.63, 3.8) is 0 Å². The van der Waals surface area contributed by atoms with Crippen LogP contribution in [0.5, 0.6) is 0 Å². The van der Waals surface area contributed by atoms with Gasteiger partial charge in [0.1, 0.15) is 15.9 Å². The number of aromatic amines is 1. The van der Waals surface area contributed by atoms with Crippen molar-refractivity contribution >= 4 is 33.1 Å². The Labute approximate surface area is 102 Å². The molecular weight excluding hydrogens is 266 g/mol. The predicted octanol–water partition coefficient (Wildman–Crippen LogP) is 0.841. The fourth-order valence-corrected chi connectivity index (χ4v) is 2.42. The Morgan fingerprint density at radius 3 is 2.82 bits per heavy atom. The molecular formula is C8H8ClN5O2S. The highest BCUT2D eigenvalue weighted by Gasteiger charge is 2.19. The molecule has 0 saturated heterocycles. The van der Waals surface area contributed by atoms with Crippen LogP contribution in [0.2, 0.25) is 5.15 Å². The summed E-state index contributed by atoms with van der Waals surface area (Å²) < 4.78 is 26.1. The van der Waals surface area contributed by atoms with Gasteiger partial charge in [-0.25, -0.2) is 13.4 Å². The van der Waals surface area contributed by atoms with E-state index in [1.807, 2.05) is 0 Å². The van der Waals surface area contributed by atoms with Crippen molar-refractivity contribution in [2.24, 2.45) is 0 Å². The summed E-state index contributed by atoms with van der Waals surface area (Å²) in [6, 6.07) is 2.86. The van der Waals surface area contributed by atoms with Crippen LogP contribution in [-0.4, -0.2) is 23.6 Å².